The van der Waals surface area contributed by atoms with Gasteiger partial charge in [0.1, 0.15) is 12.4 Å². The minimum absolute atomic E-state index is 0.101. The largest absolute Gasteiger partial charge is 0.482 e. The number of pyridine rings is 1. The number of hydrogen-bond donors (Lipinski definition) is 0. The van der Waals surface area contributed by atoms with E-state index in [9.17, 15) is 13.6 Å². The minimum atomic E-state index is -3.95. The lowest BCUT2D eigenvalue weighted by Crippen LogP contribution is -2.54. The summed E-state index contributed by atoms with van der Waals surface area (Å²) in [5.74, 6) is -1.43. The number of oxime groups is 1. The zero-order valence-corrected chi connectivity index (χ0v) is 18.6. The third kappa shape index (κ3) is 6.82. The second kappa shape index (κ2) is 11.5. The van der Waals surface area contributed by atoms with Crippen molar-refractivity contribution in [2.75, 3.05) is 32.7 Å². The summed E-state index contributed by atoms with van der Waals surface area (Å²) in [6.45, 7) is 8.03. The third-order valence-corrected chi connectivity index (χ3v) is 5.22. The molecule has 1 aromatic carbocycles. The summed E-state index contributed by atoms with van der Waals surface area (Å²) < 4.78 is 33.8. The van der Waals surface area contributed by atoms with Gasteiger partial charge in [0.25, 0.3) is 0 Å². The molecular formula is C24H28F2N4O3. The molecule has 1 aliphatic heterocycles. The molecule has 2 aromatic rings. The van der Waals surface area contributed by atoms with Gasteiger partial charge >= 0.3 is 12.0 Å². The molecule has 1 saturated heterocycles. The first-order valence-electron chi connectivity index (χ1n) is 10.8. The maximum Gasteiger partial charge on any atom is 0.482 e. The summed E-state index contributed by atoms with van der Waals surface area (Å²) in [6, 6.07) is 9.68. The highest BCUT2D eigenvalue weighted by atomic mass is 19.3. The number of benzene rings is 1. The first-order valence-corrected chi connectivity index (χ1v) is 10.8. The summed E-state index contributed by atoms with van der Waals surface area (Å²) in [4.78, 5) is 24.9. The fourth-order valence-electron chi connectivity index (χ4n) is 3.39. The molecule has 2 heterocycles. The molecule has 7 nitrogen and oxygen atoms in total. The van der Waals surface area contributed by atoms with Gasteiger partial charge in [-0.2, -0.15) is 8.78 Å². The van der Waals surface area contributed by atoms with Crippen molar-refractivity contribution in [1.29, 1.82) is 0 Å². The van der Waals surface area contributed by atoms with E-state index >= 15 is 0 Å². The quantitative estimate of drug-likeness (QED) is 0.309. The molecule has 1 fully saturated rings. The second-order valence-electron chi connectivity index (χ2n) is 7.55. The van der Waals surface area contributed by atoms with Crippen molar-refractivity contribution in [2.45, 2.75) is 26.1 Å². The van der Waals surface area contributed by atoms with Gasteiger partial charge in [-0.25, -0.2) is 0 Å². The summed E-state index contributed by atoms with van der Waals surface area (Å²) in [7, 11) is 0. The summed E-state index contributed by atoms with van der Waals surface area (Å²) >= 11 is 0. The Morgan fingerprint density at radius 3 is 2.42 bits per heavy atom. The number of halogens is 2. The van der Waals surface area contributed by atoms with Crippen molar-refractivity contribution in [2.24, 2.45) is 5.16 Å². The molecule has 33 heavy (non-hydrogen) atoms. The summed E-state index contributed by atoms with van der Waals surface area (Å²) in [6.07, 6.45) is 1.73. The molecule has 9 heteroatoms. The molecule has 0 spiro atoms. The minimum Gasteiger partial charge on any atom is -0.425 e. The van der Waals surface area contributed by atoms with Crippen molar-refractivity contribution in [1.82, 2.24) is 14.8 Å². The Bertz CT molecular complexity index is 944. The monoisotopic (exact) mass is 458 g/mol. The lowest BCUT2D eigenvalue weighted by atomic mass is 10.1. The van der Waals surface area contributed by atoms with Crippen LogP contribution in [0.25, 0.3) is 0 Å². The number of nitrogens with zero attached hydrogens (tertiary/aromatic N) is 4. The van der Waals surface area contributed by atoms with Crippen LogP contribution >= 0.6 is 0 Å². The topological polar surface area (TPSA) is 67.3 Å². The van der Waals surface area contributed by atoms with Crippen LogP contribution in [0.5, 0.6) is 5.75 Å². The smallest absolute Gasteiger partial charge is 0.425 e. The fraction of sp³-hybridized carbons (Fsp3) is 0.375. The van der Waals surface area contributed by atoms with Crippen LogP contribution in [-0.2, 0) is 16.2 Å². The molecule has 0 saturated carbocycles. The number of hydrogen-bond acceptors (Lipinski definition) is 6. The number of aromatic nitrogens is 1. The van der Waals surface area contributed by atoms with E-state index in [0.717, 1.165) is 10.5 Å². The zero-order chi connectivity index (χ0) is 23.7. The van der Waals surface area contributed by atoms with Crippen LogP contribution in [0.15, 0.2) is 66.6 Å². The Morgan fingerprint density at radius 1 is 1.15 bits per heavy atom. The molecule has 176 valence electrons. The first-order chi connectivity index (χ1) is 15.9. The van der Waals surface area contributed by atoms with Crippen LogP contribution in [0, 0.1) is 0 Å². The van der Waals surface area contributed by atoms with Crippen molar-refractivity contribution >= 4 is 11.6 Å². The maximum absolute atomic E-state index is 14.5. The van der Waals surface area contributed by atoms with Crippen LogP contribution in [0.3, 0.4) is 0 Å². The van der Waals surface area contributed by atoms with Crippen LogP contribution < -0.4 is 4.74 Å². The standard InChI is InChI=1S/C24H28F2N4O3/c1-3-13-29-14-16-30(17-15-29)23(31)24(25,26)33-21-7-5-20(6-8-21)22(4-2)28-32-18-19-9-11-27-12-10-19/h3,5-12H,1,4,13-18H2,2H3/b28-22-. The van der Waals surface area contributed by atoms with Gasteiger partial charge in [0.2, 0.25) is 0 Å². The average Bonchev–Trinajstić information content (AvgIpc) is 2.83. The van der Waals surface area contributed by atoms with Crippen molar-refractivity contribution in [3.8, 4) is 5.75 Å². The van der Waals surface area contributed by atoms with Crippen LogP contribution in [0.4, 0.5) is 8.78 Å². The van der Waals surface area contributed by atoms with Crippen LogP contribution in [0.1, 0.15) is 24.5 Å². The van der Waals surface area contributed by atoms with E-state index in [-0.39, 0.29) is 18.8 Å². The SMILES string of the molecule is C=CCN1CCN(C(=O)C(F)(F)Oc2ccc(/C(CC)=N\OCc3ccncc3)cc2)CC1. The van der Waals surface area contributed by atoms with E-state index in [2.05, 4.69) is 16.7 Å². The highest BCUT2D eigenvalue weighted by molar-refractivity contribution is 6.00. The summed E-state index contributed by atoms with van der Waals surface area (Å²) in [5.41, 5.74) is 2.31. The molecule has 3 rings (SSSR count). The predicted molar refractivity (Wildman–Crippen MR) is 121 cm³/mol. The van der Waals surface area contributed by atoms with E-state index in [1.54, 1.807) is 30.6 Å². The van der Waals surface area contributed by atoms with Crippen molar-refractivity contribution in [3.63, 3.8) is 0 Å². The van der Waals surface area contributed by atoms with E-state index in [1.807, 2.05) is 24.0 Å². The molecule has 0 N–H and O–H groups in total. The van der Waals surface area contributed by atoms with Gasteiger partial charge in [0.05, 0.1) is 5.71 Å². The Kier molecular flexibility index (Phi) is 8.48. The number of alkyl halides is 2. The number of ether oxygens (including phenoxy) is 1. The van der Waals surface area contributed by atoms with E-state index < -0.39 is 12.0 Å². The molecule has 1 aliphatic rings. The van der Waals surface area contributed by atoms with Crippen LogP contribution in [-0.4, -0.2) is 65.2 Å². The Hall–Kier alpha value is -3.33. The molecule has 1 amide bonds. The van der Waals surface area contributed by atoms with E-state index in [1.165, 1.54) is 12.1 Å². The lowest BCUT2D eigenvalue weighted by Gasteiger charge is -2.35. The summed E-state index contributed by atoms with van der Waals surface area (Å²) in [5, 5.41) is 4.16. The number of amides is 1. The molecule has 0 bridgehead atoms. The molecular weight excluding hydrogens is 430 g/mol. The van der Waals surface area contributed by atoms with Gasteiger partial charge < -0.3 is 14.5 Å². The van der Waals surface area contributed by atoms with Crippen molar-refractivity contribution < 1.29 is 23.1 Å². The predicted octanol–water partition coefficient (Wildman–Crippen LogP) is 3.71. The van der Waals surface area contributed by atoms with Gasteiger partial charge in [-0.1, -0.05) is 18.2 Å². The van der Waals surface area contributed by atoms with Gasteiger partial charge in [0.15, 0.2) is 0 Å². The van der Waals surface area contributed by atoms with Crippen molar-refractivity contribution in [3.05, 3.63) is 72.6 Å². The molecule has 1 aromatic heterocycles. The average molecular weight is 459 g/mol. The highest BCUT2D eigenvalue weighted by Gasteiger charge is 2.46. The normalized spacial score (nSPS) is 15.2. The first kappa shape index (κ1) is 24.3. The molecule has 0 atom stereocenters. The van der Waals surface area contributed by atoms with E-state index in [4.69, 9.17) is 9.57 Å². The zero-order valence-electron chi connectivity index (χ0n) is 18.6. The number of piperazine rings is 1. The fourth-order valence-corrected chi connectivity index (χ4v) is 3.39. The number of carbonyl (C=O) groups is 1. The maximum atomic E-state index is 14.5. The van der Waals surface area contributed by atoms with Gasteiger partial charge in [0, 0.05) is 45.1 Å². The Balaban J connectivity index is 1.57. The van der Waals surface area contributed by atoms with Gasteiger partial charge in [-0.3, -0.25) is 14.7 Å². The molecule has 0 aliphatic carbocycles. The number of rotatable bonds is 10. The Morgan fingerprint density at radius 2 is 1.82 bits per heavy atom. The second-order valence-corrected chi connectivity index (χ2v) is 7.55. The lowest BCUT2D eigenvalue weighted by molar-refractivity contribution is -0.205. The van der Waals surface area contributed by atoms with Crippen LogP contribution in [0.2, 0.25) is 0 Å². The molecule has 0 unspecified atom stereocenters. The molecule has 0 radical (unpaired) electrons. The Labute approximate surface area is 192 Å². The number of carbonyl (C=O) groups excluding carboxylic acids is 1. The van der Waals surface area contributed by atoms with Gasteiger partial charge in [-0.15, -0.1) is 6.58 Å². The third-order valence-electron chi connectivity index (χ3n) is 5.22. The highest BCUT2D eigenvalue weighted by Crippen LogP contribution is 2.25. The van der Waals surface area contributed by atoms with Gasteiger partial charge in [-0.05, 0) is 53.9 Å². The van der Waals surface area contributed by atoms with E-state index in [0.29, 0.717) is 43.9 Å².